The molecule has 0 aliphatic carbocycles. The number of hydrogen-bond donors (Lipinski definition) is 1. The van der Waals surface area contributed by atoms with Crippen molar-refractivity contribution in [2.45, 2.75) is 149 Å². The zero-order valence-corrected chi connectivity index (χ0v) is 22.4. The minimum atomic E-state index is -0.653. The van der Waals surface area contributed by atoms with Crippen LogP contribution in [0.25, 0.3) is 0 Å². The van der Waals surface area contributed by atoms with E-state index in [1.807, 2.05) is 20.8 Å². The van der Waals surface area contributed by atoms with Crippen LogP contribution >= 0.6 is 0 Å². The number of ether oxygens (including phenoxy) is 2. The van der Waals surface area contributed by atoms with Gasteiger partial charge in [0.05, 0.1) is 13.2 Å². The van der Waals surface area contributed by atoms with Crippen molar-refractivity contribution in [3.05, 3.63) is 0 Å². The average molecular weight is 470 g/mol. The van der Waals surface area contributed by atoms with Crippen molar-refractivity contribution in [3.8, 4) is 0 Å². The van der Waals surface area contributed by atoms with Crippen molar-refractivity contribution >= 4 is 12.1 Å². The lowest BCUT2D eigenvalue weighted by Gasteiger charge is -2.20. The highest BCUT2D eigenvalue weighted by Gasteiger charge is 2.26. The van der Waals surface area contributed by atoms with Gasteiger partial charge in [-0.15, -0.1) is 0 Å². The van der Waals surface area contributed by atoms with Gasteiger partial charge in [-0.25, -0.2) is 9.59 Å². The van der Waals surface area contributed by atoms with E-state index in [4.69, 9.17) is 9.47 Å². The smallest absolute Gasteiger partial charge is 0.407 e. The van der Waals surface area contributed by atoms with E-state index in [2.05, 4.69) is 12.2 Å². The van der Waals surface area contributed by atoms with Crippen LogP contribution in [0.5, 0.6) is 0 Å². The second-order valence-corrected chi connectivity index (χ2v) is 9.83. The molecule has 0 spiro atoms. The zero-order chi connectivity index (χ0) is 24.6. The van der Waals surface area contributed by atoms with E-state index in [1.54, 1.807) is 0 Å². The van der Waals surface area contributed by atoms with Gasteiger partial charge in [0.25, 0.3) is 0 Å². The molecule has 1 N–H and O–H groups in total. The monoisotopic (exact) mass is 469 g/mol. The Morgan fingerprint density at radius 3 is 1.39 bits per heavy atom. The number of alkyl carbamates (subject to hydrolysis) is 1. The fourth-order valence-electron chi connectivity index (χ4n) is 3.89. The van der Waals surface area contributed by atoms with Gasteiger partial charge < -0.3 is 14.8 Å². The van der Waals surface area contributed by atoms with Crippen LogP contribution in [0.3, 0.4) is 0 Å². The lowest BCUT2D eigenvalue weighted by molar-refractivity contribution is -0.147. The summed E-state index contributed by atoms with van der Waals surface area (Å²) in [4.78, 5) is 24.1. The van der Waals surface area contributed by atoms with Gasteiger partial charge in [-0.3, -0.25) is 0 Å². The van der Waals surface area contributed by atoms with Crippen LogP contribution in [0.2, 0.25) is 0 Å². The Hall–Kier alpha value is -1.26. The zero-order valence-electron chi connectivity index (χ0n) is 22.4. The molecule has 5 nitrogen and oxygen atoms in total. The molecule has 1 atom stereocenters. The number of amides is 1. The Morgan fingerprint density at radius 1 is 0.576 bits per heavy atom. The molecule has 0 saturated heterocycles. The summed E-state index contributed by atoms with van der Waals surface area (Å²) in [5.74, 6) is -0.402. The van der Waals surface area contributed by atoms with Gasteiger partial charge in [0.1, 0.15) is 6.04 Å². The summed E-state index contributed by atoms with van der Waals surface area (Å²) >= 11 is 0. The highest BCUT2D eigenvalue weighted by molar-refractivity contribution is 5.81. The predicted octanol–water partition coefficient (Wildman–Crippen LogP) is 8.34. The number of rotatable bonds is 23. The minimum absolute atomic E-state index is 0.0398. The summed E-state index contributed by atoms with van der Waals surface area (Å²) in [7, 11) is 0. The second-order valence-electron chi connectivity index (χ2n) is 9.83. The molecule has 1 unspecified atom stereocenters. The van der Waals surface area contributed by atoms with Crippen molar-refractivity contribution in [1.29, 1.82) is 0 Å². The van der Waals surface area contributed by atoms with Crippen LogP contribution in [0, 0.1) is 5.92 Å². The summed E-state index contributed by atoms with van der Waals surface area (Å²) in [5.41, 5.74) is 0. The maximum atomic E-state index is 12.3. The van der Waals surface area contributed by atoms with Gasteiger partial charge in [-0.2, -0.15) is 0 Å². The first-order valence-electron chi connectivity index (χ1n) is 14.1. The van der Waals surface area contributed by atoms with Crippen LogP contribution in [0.4, 0.5) is 4.79 Å². The molecule has 0 radical (unpaired) electrons. The second kappa shape index (κ2) is 23.9. The van der Waals surface area contributed by atoms with E-state index >= 15 is 0 Å². The molecule has 5 heteroatoms. The Kier molecular flexibility index (Phi) is 23.0. The molecule has 0 bridgehead atoms. The maximum Gasteiger partial charge on any atom is 0.407 e. The van der Waals surface area contributed by atoms with Gasteiger partial charge in [0, 0.05) is 0 Å². The first-order valence-corrected chi connectivity index (χ1v) is 14.1. The lowest BCUT2D eigenvalue weighted by Crippen LogP contribution is -2.45. The molecule has 0 rings (SSSR count). The molecule has 0 fully saturated rings. The van der Waals surface area contributed by atoms with Crippen molar-refractivity contribution in [2.24, 2.45) is 5.92 Å². The summed E-state index contributed by atoms with van der Waals surface area (Å²) < 4.78 is 10.5. The molecule has 0 aromatic carbocycles. The third-order valence-electron chi connectivity index (χ3n) is 6.17. The number of hydrogen-bond acceptors (Lipinski definition) is 4. The van der Waals surface area contributed by atoms with Crippen LogP contribution in [0.1, 0.15) is 143 Å². The standard InChI is InChI=1S/C28H55NO4/c1-5-7-9-10-11-12-13-14-15-16-17-18-19-20-21-22-24-32-27(30)26(25(3)4)29-28(31)33-23-8-6-2/h25-26H,5-24H2,1-4H3,(H,29,31). The molecule has 33 heavy (non-hydrogen) atoms. The van der Waals surface area contributed by atoms with Gasteiger partial charge >= 0.3 is 12.1 Å². The van der Waals surface area contributed by atoms with Gasteiger partial charge in [0.15, 0.2) is 0 Å². The highest BCUT2D eigenvalue weighted by atomic mass is 16.6. The van der Waals surface area contributed by atoms with Gasteiger partial charge in [-0.1, -0.05) is 130 Å². The van der Waals surface area contributed by atoms with Crippen LogP contribution in [0.15, 0.2) is 0 Å². The molecular weight excluding hydrogens is 414 g/mol. The molecule has 0 saturated carbocycles. The van der Waals surface area contributed by atoms with Crippen molar-refractivity contribution in [3.63, 3.8) is 0 Å². The van der Waals surface area contributed by atoms with E-state index in [-0.39, 0.29) is 11.9 Å². The van der Waals surface area contributed by atoms with E-state index in [0.717, 1.165) is 25.7 Å². The number of carbonyl (C=O) groups is 2. The molecule has 0 aromatic heterocycles. The lowest BCUT2D eigenvalue weighted by atomic mass is 10.0. The summed E-state index contributed by atoms with van der Waals surface area (Å²) in [6.45, 7) is 8.90. The third kappa shape index (κ3) is 21.0. The topological polar surface area (TPSA) is 64.6 Å². The van der Waals surface area contributed by atoms with E-state index in [1.165, 1.54) is 89.9 Å². The quantitative estimate of drug-likeness (QED) is 0.121. The Labute approximate surface area is 205 Å². The summed E-state index contributed by atoms with van der Waals surface area (Å²) in [6, 6.07) is -0.653. The highest BCUT2D eigenvalue weighted by Crippen LogP contribution is 2.14. The number of unbranched alkanes of at least 4 members (excludes halogenated alkanes) is 16. The molecule has 0 aliphatic rings. The summed E-state index contributed by atoms with van der Waals surface area (Å²) in [6.07, 6.45) is 22.4. The van der Waals surface area contributed by atoms with Crippen LogP contribution < -0.4 is 5.32 Å². The van der Waals surface area contributed by atoms with Crippen molar-refractivity contribution in [1.82, 2.24) is 5.32 Å². The van der Waals surface area contributed by atoms with Crippen molar-refractivity contribution < 1.29 is 19.1 Å². The van der Waals surface area contributed by atoms with Crippen LogP contribution in [-0.2, 0) is 14.3 Å². The fraction of sp³-hybridized carbons (Fsp3) is 0.929. The normalized spacial score (nSPS) is 12.0. The molecule has 0 aliphatic heterocycles. The number of nitrogens with one attached hydrogen (secondary N) is 1. The SMILES string of the molecule is CCCCCCCCCCCCCCCCCCOC(=O)C(NC(=O)OCCCC)C(C)C. The van der Waals surface area contributed by atoms with E-state index in [9.17, 15) is 9.59 Å². The fourth-order valence-corrected chi connectivity index (χ4v) is 3.89. The van der Waals surface area contributed by atoms with E-state index < -0.39 is 12.1 Å². The molecular formula is C28H55NO4. The Morgan fingerprint density at radius 2 is 0.970 bits per heavy atom. The minimum Gasteiger partial charge on any atom is -0.464 e. The van der Waals surface area contributed by atoms with Gasteiger partial charge in [0.2, 0.25) is 0 Å². The first kappa shape index (κ1) is 31.7. The average Bonchev–Trinajstić information content (AvgIpc) is 2.79. The largest absolute Gasteiger partial charge is 0.464 e. The number of esters is 1. The third-order valence-corrected chi connectivity index (χ3v) is 6.17. The van der Waals surface area contributed by atoms with E-state index in [0.29, 0.717) is 13.2 Å². The predicted molar refractivity (Wildman–Crippen MR) is 139 cm³/mol. The number of carbonyl (C=O) groups excluding carboxylic acids is 2. The van der Waals surface area contributed by atoms with Gasteiger partial charge in [-0.05, 0) is 18.8 Å². The van der Waals surface area contributed by atoms with Crippen LogP contribution in [-0.4, -0.2) is 31.3 Å². The molecule has 0 heterocycles. The first-order chi connectivity index (χ1) is 16.0. The molecule has 1 amide bonds. The Bertz CT molecular complexity index is 453. The molecule has 0 aromatic rings. The van der Waals surface area contributed by atoms with Crippen molar-refractivity contribution in [2.75, 3.05) is 13.2 Å². The Balaban J connectivity index is 3.56. The maximum absolute atomic E-state index is 12.3. The summed E-state index contributed by atoms with van der Waals surface area (Å²) in [5, 5.41) is 2.65. The molecule has 196 valence electrons.